The van der Waals surface area contributed by atoms with Crippen LogP contribution in [-0.4, -0.2) is 81.5 Å². The molecule has 12 nitrogen and oxygen atoms in total. The first kappa shape index (κ1) is 33.2. The van der Waals surface area contributed by atoms with Crippen LogP contribution in [0.25, 0.3) is 0 Å². The zero-order valence-electron chi connectivity index (χ0n) is 26.5. The first-order valence-corrected chi connectivity index (χ1v) is 16.0. The molecule has 6 atom stereocenters. The van der Waals surface area contributed by atoms with Gasteiger partial charge >= 0.3 is 0 Å². The van der Waals surface area contributed by atoms with E-state index in [0.29, 0.717) is 25.0 Å². The second kappa shape index (κ2) is 13.9. The number of fused-ring (bicyclic) bond motifs is 1. The lowest BCUT2D eigenvalue weighted by Gasteiger charge is -2.40. The van der Waals surface area contributed by atoms with E-state index in [1.165, 1.54) is 0 Å². The Labute approximate surface area is 259 Å². The molecule has 0 bridgehead atoms. The number of ketones is 1. The number of carbonyl (C=O) groups excluding carboxylic acids is 6. The van der Waals surface area contributed by atoms with Crippen LogP contribution in [0.5, 0.6) is 0 Å². The molecule has 5 N–H and O–H groups in total. The fourth-order valence-corrected chi connectivity index (χ4v) is 6.36. The van der Waals surface area contributed by atoms with Crippen molar-refractivity contribution in [2.24, 2.45) is 11.3 Å². The first-order chi connectivity index (χ1) is 20.8. The molecule has 2 heterocycles. The van der Waals surface area contributed by atoms with Gasteiger partial charge < -0.3 is 31.2 Å². The summed E-state index contributed by atoms with van der Waals surface area (Å²) in [6.45, 7) is 8.96. The van der Waals surface area contributed by atoms with E-state index < -0.39 is 59.0 Å². The van der Waals surface area contributed by atoms with E-state index in [-0.39, 0.29) is 23.9 Å². The Morgan fingerprint density at radius 2 is 1.70 bits per heavy atom. The van der Waals surface area contributed by atoms with Gasteiger partial charge in [-0.3, -0.25) is 28.8 Å². The Kier molecular flexibility index (Phi) is 10.5. The smallest absolute Gasteiger partial charge is 0.289 e. The van der Waals surface area contributed by atoms with Crippen LogP contribution in [0, 0.1) is 11.3 Å². The molecule has 3 fully saturated rings. The maximum Gasteiger partial charge on any atom is 0.289 e. The predicted octanol–water partition coefficient (Wildman–Crippen LogP) is 1.96. The first-order valence-electron chi connectivity index (χ1n) is 16.0. The van der Waals surface area contributed by atoms with Gasteiger partial charge in [0, 0.05) is 18.3 Å². The highest BCUT2D eigenvalue weighted by atomic mass is 16.2. The molecule has 0 spiro atoms. The number of nitrogens with zero attached hydrogens (tertiary/aromatic N) is 1. The van der Waals surface area contributed by atoms with Gasteiger partial charge in [0.25, 0.3) is 11.8 Å². The van der Waals surface area contributed by atoms with Crippen LogP contribution in [0.2, 0.25) is 0 Å². The lowest BCUT2D eigenvalue weighted by atomic mass is 9.83. The molecule has 3 aliphatic rings. The summed E-state index contributed by atoms with van der Waals surface area (Å²) in [4.78, 5) is 84.1. The van der Waals surface area contributed by atoms with Crippen molar-refractivity contribution in [1.82, 2.24) is 31.2 Å². The van der Waals surface area contributed by atoms with E-state index in [1.54, 1.807) is 30.2 Å². The van der Waals surface area contributed by atoms with E-state index >= 15 is 0 Å². The number of carbonyl (C=O) groups is 6. The lowest BCUT2D eigenvalue weighted by Crippen LogP contribution is -2.62. The van der Waals surface area contributed by atoms with Gasteiger partial charge in [0.2, 0.25) is 23.5 Å². The second-order valence-electron chi connectivity index (χ2n) is 13.7. The van der Waals surface area contributed by atoms with Crippen LogP contribution in [0.1, 0.15) is 103 Å². The normalized spacial score (nSPS) is 23.5. The number of Topliss-reactive ketones (excluding diaryl/α,β-unsaturated/α-hetero) is 1. The number of aromatic nitrogens is 1. The number of amides is 5. The summed E-state index contributed by atoms with van der Waals surface area (Å²) in [5, 5.41) is 11.0. The number of hydrogen-bond donors (Lipinski definition) is 5. The minimum atomic E-state index is -0.979. The van der Waals surface area contributed by atoms with Gasteiger partial charge in [-0.05, 0) is 68.9 Å². The Morgan fingerprint density at radius 3 is 2.32 bits per heavy atom. The molecular formula is C32H48N6O6. The van der Waals surface area contributed by atoms with Gasteiger partial charge in [0.15, 0.2) is 0 Å². The summed E-state index contributed by atoms with van der Waals surface area (Å²) in [6, 6.07) is -0.591. The van der Waals surface area contributed by atoms with Gasteiger partial charge in [-0.1, -0.05) is 47.0 Å². The van der Waals surface area contributed by atoms with Crippen molar-refractivity contribution >= 4 is 35.3 Å². The Bertz CT molecular complexity index is 1240. The molecule has 1 aromatic heterocycles. The van der Waals surface area contributed by atoms with Gasteiger partial charge in [0.05, 0.1) is 6.04 Å². The van der Waals surface area contributed by atoms with E-state index in [0.717, 1.165) is 38.5 Å². The molecule has 0 aromatic carbocycles. The van der Waals surface area contributed by atoms with Crippen molar-refractivity contribution in [3.05, 3.63) is 24.0 Å². The number of hydrogen-bond acceptors (Lipinski definition) is 6. The van der Waals surface area contributed by atoms with Crippen molar-refractivity contribution < 1.29 is 28.8 Å². The van der Waals surface area contributed by atoms with Crippen molar-refractivity contribution in [2.75, 3.05) is 0 Å². The third-order valence-corrected chi connectivity index (χ3v) is 8.97. The monoisotopic (exact) mass is 612 g/mol. The zero-order chi connectivity index (χ0) is 32.2. The highest BCUT2D eigenvalue weighted by Gasteiger charge is 2.51. The van der Waals surface area contributed by atoms with Gasteiger partial charge in [-0.25, -0.2) is 0 Å². The summed E-state index contributed by atoms with van der Waals surface area (Å²) < 4.78 is 0. The fraction of sp³-hybridized carbons (Fsp3) is 0.688. The summed E-state index contributed by atoms with van der Waals surface area (Å²) in [5.41, 5.74) is -0.405. The molecule has 44 heavy (non-hydrogen) atoms. The highest BCUT2D eigenvalue weighted by molar-refractivity contribution is 6.38. The number of nitrogens with one attached hydrogen (secondary N) is 5. The molecule has 12 heteroatoms. The number of rotatable bonds is 12. The Morgan fingerprint density at radius 1 is 1.00 bits per heavy atom. The third kappa shape index (κ3) is 7.87. The zero-order valence-corrected chi connectivity index (χ0v) is 26.5. The second-order valence-corrected chi connectivity index (χ2v) is 13.7. The van der Waals surface area contributed by atoms with Crippen LogP contribution in [0.4, 0.5) is 0 Å². The van der Waals surface area contributed by atoms with Crippen molar-refractivity contribution in [3.63, 3.8) is 0 Å². The minimum absolute atomic E-state index is 0.0181. The number of H-pyrrole nitrogens is 1. The standard InChI is InChI=1S/C32H48N6O6/c1-6-10-21(25(39)30(43)35-20-14-15-20)36-29(42)24-17-19-11-7-8-13-23(19)38(24)31(44)26(32(3,4)5)37-27(40)18(2)34-28(41)22-12-9-16-33-22/h9,12,16,18-21,23-24,26,33H,6-8,10-11,13-15,17H2,1-5H3,(H,34,41)(H,35,43)(H,36,42)(H,37,40)/t18-,19?,21-,23?,24-,26+/m0/s1. The Hall–Kier alpha value is -3.70. The third-order valence-electron chi connectivity index (χ3n) is 8.97. The van der Waals surface area contributed by atoms with Crippen molar-refractivity contribution in [1.29, 1.82) is 0 Å². The molecule has 0 radical (unpaired) electrons. The van der Waals surface area contributed by atoms with E-state index in [2.05, 4.69) is 26.3 Å². The van der Waals surface area contributed by atoms with E-state index in [4.69, 9.17) is 0 Å². The molecule has 1 aromatic rings. The molecular weight excluding hydrogens is 564 g/mol. The fourth-order valence-electron chi connectivity index (χ4n) is 6.36. The van der Waals surface area contributed by atoms with E-state index in [9.17, 15) is 28.8 Å². The van der Waals surface area contributed by atoms with Gasteiger partial charge in [-0.2, -0.15) is 0 Å². The predicted molar refractivity (Wildman–Crippen MR) is 163 cm³/mol. The van der Waals surface area contributed by atoms with Gasteiger partial charge in [0.1, 0.15) is 23.8 Å². The van der Waals surface area contributed by atoms with Crippen LogP contribution in [0.3, 0.4) is 0 Å². The summed E-state index contributed by atoms with van der Waals surface area (Å²) >= 11 is 0. The maximum atomic E-state index is 14.4. The largest absolute Gasteiger partial charge is 0.357 e. The summed E-state index contributed by atoms with van der Waals surface area (Å²) in [7, 11) is 0. The van der Waals surface area contributed by atoms with Crippen molar-refractivity contribution in [3.8, 4) is 0 Å². The molecule has 4 rings (SSSR count). The van der Waals surface area contributed by atoms with Gasteiger partial charge in [-0.15, -0.1) is 0 Å². The molecule has 2 aliphatic carbocycles. The number of likely N-dealkylation sites (tertiary alicyclic amines) is 1. The maximum absolute atomic E-state index is 14.4. The Balaban J connectivity index is 1.52. The molecule has 1 saturated heterocycles. The average molecular weight is 613 g/mol. The highest BCUT2D eigenvalue weighted by Crippen LogP contribution is 2.41. The quantitative estimate of drug-likeness (QED) is 0.226. The topological polar surface area (TPSA) is 170 Å². The van der Waals surface area contributed by atoms with E-state index in [1.807, 2.05) is 27.7 Å². The average Bonchev–Trinajstić information content (AvgIpc) is 3.45. The molecule has 2 unspecified atom stereocenters. The molecule has 242 valence electrons. The molecule has 1 aliphatic heterocycles. The lowest BCUT2D eigenvalue weighted by molar-refractivity contribution is -0.147. The van der Waals surface area contributed by atoms with Crippen LogP contribution >= 0.6 is 0 Å². The minimum Gasteiger partial charge on any atom is -0.357 e. The SMILES string of the molecule is CCC[C@H](NC(=O)[C@@H]1CC2CCCCC2N1C(=O)[C@@H](NC(=O)[C@H](C)NC(=O)c1ccc[nH]1)C(C)(C)C)C(=O)C(=O)NC1CC1. The summed E-state index contributed by atoms with van der Waals surface area (Å²) in [6.07, 6.45) is 8.20. The van der Waals surface area contributed by atoms with Crippen LogP contribution in [-0.2, 0) is 24.0 Å². The van der Waals surface area contributed by atoms with Crippen molar-refractivity contribution in [2.45, 2.75) is 129 Å². The molecule has 5 amide bonds. The summed E-state index contributed by atoms with van der Waals surface area (Å²) in [5.74, 6) is -3.02. The number of aromatic amines is 1. The van der Waals surface area contributed by atoms with Crippen LogP contribution in [0.15, 0.2) is 18.3 Å². The molecule has 2 saturated carbocycles. The van der Waals surface area contributed by atoms with Crippen LogP contribution < -0.4 is 21.3 Å².